The van der Waals surface area contributed by atoms with Gasteiger partial charge in [-0.05, 0) is 60.9 Å². The van der Waals surface area contributed by atoms with Crippen molar-refractivity contribution in [3.63, 3.8) is 0 Å². The summed E-state index contributed by atoms with van der Waals surface area (Å²) in [6.07, 6.45) is -0.565. The van der Waals surface area contributed by atoms with Crippen LogP contribution in [-0.2, 0) is 18.9 Å². The molecule has 2 N–H and O–H groups in total. The van der Waals surface area contributed by atoms with Crippen molar-refractivity contribution in [2.75, 3.05) is 0 Å². The number of carbonyl (C=O) groups is 2. The average molecular weight is 460 g/mol. The van der Waals surface area contributed by atoms with Crippen molar-refractivity contribution in [1.82, 2.24) is 10.3 Å². The number of carbonyl (C=O) groups excluding carboxylic acids is 1. The molecule has 2 aromatic carbocycles. The van der Waals surface area contributed by atoms with Gasteiger partial charge in [0.2, 0.25) is 0 Å². The first-order chi connectivity index (χ1) is 15.5. The van der Waals surface area contributed by atoms with Gasteiger partial charge in [-0.1, -0.05) is 18.2 Å². The molecule has 0 saturated carbocycles. The zero-order valence-corrected chi connectivity index (χ0v) is 17.5. The summed E-state index contributed by atoms with van der Waals surface area (Å²) in [6, 6.07) is 11.0. The third-order valence-corrected chi connectivity index (χ3v) is 4.97. The van der Waals surface area contributed by atoms with Gasteiger partial charge in [-0.15, -0.1) is 0 Å². The van der Waals surface area contributed by atoms with Crippen LogP contribution < -0.4 is 5.32 Å². The predicted octanol–water partition coefficient (Wildman–Crippen LogP) is 5.02. The van der Waals surface area contributed by atoms with Crippen molar-refractivity contribution < 1.29 is 32.3 Å². The number of hydrogen-bond donors (Lipinski definition) is 2. The van der Waals surface area contributed by atoms with Crippen LogP contribution in [0.25, 0.3) is 0 Å². The fourth-order valence-electron chi connectivity index (χ4n) is 3.18. The van der Waals surface area contributed by atoms with Crippen LogP contribution >= 0.6 is 0 Å². The van der Waals surface area contributed by atoms with Gasteiger partial charge in [0.05, 0.1) is 5.56 Å². The zero-order valence-electron chi connectivity index (χ0n) is 17.5. The summed E-state index contributed by atoms with van der Waals surface area (Å²) in [5, 5.41) is 11.4. The average Bonchev–Trinajstić information content (AvgIpc) is 2.78. The fraction of sp³-hybridized carbons (Fsp3) is 0.208. The Labute approximate surface area is 187 Å². The maximum atomic E-state index is 14.9. The number of carboxylic acids is 1. The van der Waals surface area contributed by atoms with Crippen molar-refractivity contribution in [2.24, 2.45) is 0 Å². The molecule has 33 heavy (non-hydrogen) atoms. The molecule has 1 heterocycles. The lowest BCUT2D eigenvalue weighted by Crippen LogP contribution is -2.25. The van der Waals surface area contributed by atoms with Crippen LogP contribution in [0.15, 0.2) is 54.6 Å². The number of aryl methyl sites for hydroxylation is 2. The van der Waals surface area contributed by atoms with E-state index in [4.69, 9.17) is 5.11 Å². The first-order valence-corrected chi connectivity index (χ1v) is 9.96. The Balaban J connectivity index is 1.69. The highest BCUT2D eigenvalue weighted by Gasteiger charge is 2.32. The molecular weight excluding hydrogens is 440 g/mol. The zero-order chi connectivity index (χ0) is 24.2. The van der Waals surface area contributed by atoms with E-state index in [1.165, 1.54) is 43.3 Å². The standard InChI is InChI=1S/C24H20F4N2O3/c1-14-10-18(24(27,28)9-8-15-2-5-17(6-3-15)23(32)33)12-21(30-14)22(31)29-13-16-4-7-19(25)20(26)11-16/h2-7,10-12H,8-9,13H2,1H3,(H,29,31)(H,32,33). The van der Waals surface area contributed by atoms with Crippen molar-refractivity contribution >= 4 is 11.9 Å². The van der Waals surface area contributed by atoms with Gasteiger partial charge < -0.3 is 10.4 Å². The van der Waals surface area contributed by atoms with Crippen LogP contribution in [0.2, 0.25) is 0 Å². The summed E-state index contributed by atoms with van der Waals surface area (Å²) in [7, 11) is 0. The normalized spacial score (nSPS) is 11.3. The number of rotatable bonds is 8. The first-order valence-electron chi connectivity index (χ1n) is 9.96. The number of alkyl halides is 2. The van der Waals surface area contributed by atoms with Gasteiger partial charge in [-0.3, -0.25) is 4.79 Å². The minimum atomic E-state index is -3.27. The van der Waals surface area contributed by atoms with Crippen LogP contribution in [0.1, 0.15) is 49.7 Å². The second-order valence-corrected chi connectivity index (χ2v) is 7.52. The Kier molecular flexibility index (Phi) is 7.10. The van der Waals surface area contributed by atoms with Gasteiger partial charge in [0.1, 0.15) is 5.69 Å². The van der Waals surface area contributed by atoms with E-state index in [-0.39, 0.29) is 35.5 Å². The van der Waals surface area contributed by atoms with Crippen molar-refractivity contribution in [3.8, 4) is 0 Å². The number of aromatic nitrogens is 1. The van der Waals surface area contributed by atoms with Crippen molar-refractivity contribution in [2.45, 2.75) is 32.2 Å². The van der Waals surface area contributed by atoms with Crippen LogP contribution in [0.3, 0.4) is 0 Å². The Morgan fingerprint density at radius 3 is 2.27 bits per heavy atom. The molecule has 172 valence electrons. The molecule has 1 aromatic heterocycles. The summed E-state index contributed by atoms with van der Waals surface area (Å²) in [5.74, 6) is -7.18. The van der Waals surface area contributed by atoms with Crippen LogP contribution in [0.5, 0.6) is 0 Å². The number of halogens is 4. The van der Waals surface area contributed by atoms with E-state index in [9.17, 15) is 27.2 Å². The maximum Gasteiger partial charge on any atom is 0.335 e. The number of nitrogens with one attached hydrogen (secondary N) is 1. The molecule has 0 aliphatic carbocycles. The molecule has 5 nitrogen and oxygen atoms in total. The van der Waals surface area contributed by atoms with Gasteiger partial charge in [0.25, 0.3) is 11.8 Å². The number of amides is 1. The van der Waals surface area contributed by atoms with Gasteiger partial charge in [0, 0.05) is 24.2 Å². The summed E-state index contributed by atoms with van der Waals surface area (Å²) in [6.45, 7) is 1.35. The minimum absolute atomic E-state index is 0.00801. The topological polar surface area (TPSA) is 79.3 Å². The number of carboxylic acid groups (broad SMARTS) is 1. The molecule has 0 bridgehead atoms. The summed E-state index contributed by atoms with van der Waals surface area (Å²) < 4.78 is 56.1. The predicted molar refractivity (Wildman–Crippen MR) is 112 cm³/mol. The van der Waals surface area contributed by atoms with Crippen LogP contribution in [-0.4, -0.2) is 22.0 Å². The van der Waals surface area contributed by atoms with E-state index < -0.39 is 35.9 Å². The Morgan fingerprint density at radius 2 is 1.64 bits per heavy atom. The molecular formula is C24H20F4N2O3. The molecule has 0 fully saturated rings. The highest BCUT2D eigenvalue weighted by Crippen LogP contribution is 2.33. The minimum Gasteiger partial charge on any atom is -0.478 e. The summed E-state index contributed by atoms with van der Waals surface area (Å²) in [4.78, 5) is 27.3. The lowest BCUT2D eigenvalue weighted by Gasteiger charge is -2.18. The molecule has 0 saturated heterocycles. The molecule has 0 atom stereocenters. The smallest absolute Gasteiger partial charge is 0.335 e. The van der Waals surface area contributed by atoms with Crippen LogP contribution in [0.4, 0.5) is 17.6 Å². The van der Waals surface area contributed by atoms with Crippen LogP contribution in [0, 0.1) is 18.6 Å². The number of aromatic carboxylic acids is 1. The quantitative estimate of drug-likeness (QED) is 0.463. The number of pyridine rings is 1. The van der Waals surface area contributed by atoms with Gasteiger partial charge in [-0.25, -0.2) is 27.3 Å². The van der Waals surface area contributed by atoms with Crippen molar-refractivity contribution in [1.29, 1.82) is 0 Å². The van der Waals surface area contributed by atoms with E-state index in [0.717, 1.165) is 18.2 Å². The highest BCUT2D eigenvalue weighted by molar-refractivity contribution is 5.92. The molecule has 3 rings (SSSR count). The molecule has 0 spiro atoms. The van der Waals surface area contributed by atoms with E-state index >= 15 is 0 Å². The van der Waals surface area contributed by atoms with Gasteiger partial charge in [0.15, 0.2) is 11.6 Å². The second kappa shape index (κ2) is 9.81. The third kappa shape index (κ3) is 6.15. The Morgan fingerprint density at radius 1 is 0.970 bits per heavy atom. The SMILES string of the molecule is Cc1cc(C(F)(F)CCc2ccc(C(=O)O)cc2)cc(C(=O)NCc2ccc(F)c(F)c2)n1. The fourth-order valence-corrected chi connectivity index (χ4v) is 3.18. The van der Waals surface area contributed by atoms with Crippen molar-refractivity contribution in [3.05, 3.63) is 99.9 Å². The largest absolute Gasteiger partial charge is 0.478 e. The molecule has 0 aliphatic rings. The number of nitrogens with zero attached hydrogens (tertiary/aromatic N) is 1. The van der Waals surface area contributed by atoms with E-state index in [1.54, 1.807) is 0 Å². The summed E-state index contributed by atoms with van der Waals surface area (Å²) >= 11 is 0. The number of hydrogen-bond acceptors (Lipinski definition) is 3. The molecule has 3 aromatic rings. The van der Waals surface area contributed by atoms with Gasteiger partial charge in [-0.2, -0.15) is 0 Å². The monoisotopic (exact) mass is 460 g/mol. The van der Waals surface area contributed by atoms with E-state index in [2.05, 4.69) is 10.3 Å². The number of benzene rings is 2. The Bertz CT molecular complexity index is 1180. The first kappa shape index (κ1) is 23.9. The molecule has 0 unspecified atom stereocenters. The molecule has 1 amide bonds. The lowest BCUT2D eigenvalue weighted by atomic mass is 9.99. The molecule has 0 aliphatic heterocycles. The summed E-state index contributed by atoms with van der Waals surface area (Å²) in [5.41, 5.74) is 0.530. The Hall–Kier alpha value is -3.75. The molecule has 0 radical (unpaired) electrons. The highest BCUT2D eigenvalue weighted by atomic mass is 19.3. The lowest BCUT2D eigenvalue weighted by molar-refractivity contribution is -0.0132. The maximum absolute atomic E-state index is 14.9. The molecule has 9 heteroatoms. The van der Waals surface area contributed by atoms with E-state index in [0.29, 0.717) is 11.1 Å². The third-order valence-electron chi connectivity index (χ3n) is 4.97. The van der Waals surface area contributed by atoms with Gasteiger partial charge >= 0.3 is 5.97 Å². The second-order valence-electron chi connectivity index (χ2n) is 7.52. The van der Waals surface area contributed by atoms with E-state index in [1.807, 2.05) is 0 Å².